The lowest BCUT2D eigenvalue weighted by atomic mass is 9.86. The van der Waals surface area contributed by atoms with Crippen molar-refractivity contribution < 1.29 is 19.2 Å². The first-order valence-corrected chi connectivity index (χ1v) is 9.15. The number of rotatable bonds is 5. The molecule has 0 unspecified atom stereocenters. The van der Waals surface area contributed by atoms with Gasteiger partial charge in [-0.3, -0.25) is 4.79 Å². The Hall–Kier alpha value is -2.34. The van der Waals surface area contributed by atoms with E-state index in [1.165, 1.54) is 0 Å². The second-order valence-corrected chi connectivity index (χ2v) is 7.42. The summed E-state index contributed by atoms with van der Waals surface area (Å²) in [4.78, 5) is 14.7. The number of carbonyl (C=O) groups excluding carboxylic acids is 1. The Bertz CT molecular complexity index is 792. The van der Waals surface area contributed by atoms with Crippen LogP contribution in [0.25, 0.3) is 0 Å². The molecule has 6 nitrogen and oxygen atoms in total. The van der Waals surface area contributed by atoms with Crippen LogP contribution in [-0.2, 0) is 5.60 Å². The number of methoxy groups -OCH3 is 1. The fourth-order valence-electron chi connectivity index (χ4n) is 3.82. The van der Waals surface area contributed by atoms with Crippen molar-refractivity contribution in [2.24, 2.45) is 0 Å². The highest BCUT2D eigenvalue weighted by Crippen LogP contribution is 2.40. The van der Waals surface area contributed by atoms with Crippen molar-refractivity contribution >= 4 is 5.91 Å². The van der Waals surface area contributed by atoms with E-state index in [1.807, 2.05) is 24.3 Å². The van der Waals surface area contributed by atoms with Crippen LogP contribution < -0.4 is 4.74 Å². The van der Waals surface area contributed by atoms with Crippen LogP contribution in [0.4, 0.5) is 0 Å². The third kappa shape index (κ3) is 2.98. The largest absolute Gasteiger partial charge is 0.497 e. The van der Waals surface area contributed by atoms with E-state index in [0.29, 0.717) is 12.5 Å². The second-order valence-electron chi connectivity index (χ2n) is 7.42. The molecule has 2 aliphatic rings. The molecule has 2 atom stereocenters. The molecule has 1 aliphatic carbocycles. The van der Waals surface area contributed by atoms with Crippen LogP contribution in [0.3, 0.4) is 0 Å². The summed E-state index contributed by atoms with van der Waals surface area (Å²) in [7, 11) is 1.61. The smallest absolute Gasteiger partial charge is 0.292 e. The molecule has 2 heterocycles. The summed E-state index contributed by atoms with van der Waals surface area (Å²) in [5.74, 6) is 1.25. The molecule has 4 rings (SSSR count). The van der Waals surface area contributed by atoms with Crippen LogP contribution in [0.15, 0.2) is 34.9 Å². The first-order chi connectivity index (χ1) is 12.5. The normalized spacial score (nSPS) is 22.3. The molecule has 1 aliphatic heterocycles. The van der Waals surface area contributed by atoms with Crippen LogP contribution in [0.5, 0.6) is 5.75 Å². The highest BCUT2D eigenvalue weighted by atomic mass is 16.5. The quantitative estimate of drug-likeness (QED) is 0.891. The van der Waals surface area contributed by atoms with E-state index < -0.39 is 5.60 Å². The maximum Gasteiger partial charge on any atom is 0.292 e. The van der Waals surface area contributed by atoms with Crippen LogP contribution in [0.2, 0.25) is 0 Å². The molecular weight excluding hydrogens is 332 g/mol. The molecule has 0 spiro atoms. The van der Waals surface area contributed by atoms with Crippen LogP contribution in [-0.4, -0.2) is 40.8 Å². The number of nitrogens with zero attached hydrogens (tertiary/aromatic N) is 2. The summed E-state index contributed by atoms with van der Waals surface area (Å²) in [6, 6.07) is 8.79. The van der Waals surface area contributed by atoms with Crippen LogP contribution >= 0.6 is 0 Å². The standard InChI is InChI=1S/C20H24N2O4/c1-20(24,14-7-9-15(25-2)10-8-14)18-4-3-11-22(18)19(23)17-12-16(21-26-17)13-5-6-13/h7-10,12-13,18,24H,3-6,11H2,1-2H3/t18-,20-/m1/s1. The Balaban J connectivity index is 1.56. The molecule has 1 saturated carbocycles. The number of hydrogen-bond donors (Lipinski definition) is 1. The van der Waals surface area contributed by atoms with Gasteiger partial charge in [0.05, 0.1) is 18.8 Å². The minimum Gasteiger partial charge on any atom is -0.497 e. The predicted octanol–water partition coefficient (Wildman–Crippen LogP) is 3.07. The van der Waals surface area contributed by atoms with Crippen molar-refractivity contribution in [1.82, 2.24) is 10.1 Å². The van der Waals surface area contributed by atoms with Crippen molar-refractivity contribution in [2.75, 3.05) is 13.7 Å². The van der Waals surface area contributed by atoms with Gasteiger partial charge in [0, 0.05) is 18.5 Å². The molecule has 26 heavy (non-hydrogen) atoms. The van der Waals surface area contributed by atoms with Gasteiger partial charge in [0.25, 0.3) is 5.91 Å². The fourth-order valence-corrected chi connectivity index (χ4v) is 3.82. The van der Waals surface area contributed by atoms with Gasteiger partial charge in [-0.15, -0.1) is 0 Å². The topological polar surface area (TPSA) is 75.8 Å². The zero-order valence-electron chi connectivity index (χ0n) is 15.1. The molecule has 0 bridgehead atoms. The first kappa shape index (κ1) is 17.1. The SMILES string of the molecule is COc1ccc([C@@](C)(O)[C@H]2CCCN2C(=O)c2cc(C3CC3)no2)cc1. The van der Waals surface area contributed by atoms with E-state index in [4.69, 9.17) is 9.26 Å². The number of aliphatic hydroxyl groups is 1. The van der Waals surface area contributed by atoms with Gasteiger partial charge in [0.2, 0.25) is 5.76 Å². The van der Waals surface area contributed by atoms with Gasteiger partial charge in [-0.05, 0) is 50.3 Å². The van der Waals surface area contributed by atoms with Crippen molar-refractivity contribution in [1.29, 1.82) is 0 Å². The van der Waals surface area contributed by atoms with E-state index in [1.54, 1.807) is 25.0 Å². The number of benzene rings is 1. The minimum atomic E-state index is -1.15. The Labute approximate surface area is 152 Å². The van der Waals surface area contributed by atoms with E-state index in [0.717, 1.165) is 42.7 Å². The maximum absolute atomic E-state index is 13.0. The summed E-state index contributed by atoms with van der Waals surface area (Å²) in [5, 5.41) is 15.3. The van der Waals surface area contributed by atoms with Gasteiger partial charge in [-0.2, -0.15) is 0 Å². The number of aromatic nitrogens is 1. The molecule has 1 aromatic carbocycles. The minimum absolute atomic E-state index is 0.194. The molecule has 1 saturated heterocycles. The summed E-state index contributed by atoms with van der Waals surface area (Å²) in [5.41, 5.74) is 0.475. The predicted molar refractivity (Wildman–Crippen MR) is 95.1 cm³/mol. The van der Waals surface area contributed by atoms with Crippen molar-refractivity contribution in [3.8, 4) is 5.75 Å². The second kappa shape index (κ2) is 6.43. The van der Waals surface area contributed by atoms with Gasteiger partial charge in [-0.25, -0.2) is 0 Å². The molecule has 2 aromatic rings. The Morgan fingerprint density at radius 3 is 2.69 bits per heavy atom. The highest BCUT2D eigenvalue weighted by molar-refractivity contribution is 5.92. The number of amides is 1. The van der Waals surface area contributed by atoms with E-state index in [9.17, 15) is 9.90 Å². The number of hydrogen-bond acceptors (Lipinski definition) is 5. The van der Waals surface area contributed by atoms with Gasteiger partial charge in [-0.1, -0.05) is 17.3 Å². The lowest BCUT2D eigenvalue weighted by molar-refractivity contribution is -0.0187. The first-order valence-electron chi connectivity index (χ1n) is 9.15. The van der Waals surface area contributed by atoms with E-state index in [2.05, 4.69) is 5.16 Å². The third-order valence-corrected chi connectivity index (χ3v) is 5.57. The fraction of sp³-hybridized carbons (Fsp3) is 0.500. The van der Waals surface area contributed by atoms with E-state index in [-0.39, 0.29) is 17.7 Å². The highest BCUT2D eigenvalue weighted by Gasteiger charge is 2.43. The number of ether oxygens (including phenoxy) is 1. The molecule has 2 fully saturated rings. The van der Waals surface area contributed by atoms with Gasteiger partial charge in [0.15, 0.2) is 0 Å². The van der Waals surface area contributed by atoms with Crippen molar-refractivity contribution in [2.45, 2.75) is 50.2 Å². The lowest BCUT2D eigenvalue weighted by Gasteiger charge is -2.36. The molecule has 138 valence electrons. The molecule has 1 aromatic heterocycles. The average Bonchev–Trinajstić information content (AvgIpc) is 3.18. The van der Waals surface area contributed by atoms with Crippen molar-refractivity contribution in [3.63, 3.8) is 0 Å². The monoisotopic (exact) mass is 356 g/mol. The summed E-state index contributed by atoms with van der Waals surface area (Å²) in [6.45, 7) is 2.37. The average molecular weight is 356 g/mol. The van der Waals surface area contributed by atoms with Gasteiger partial charge in [0.1, 0.15) is 11.4 Å². The van der Waals surface area contributed by atoms with Gasteiger partial charge >= 0.3 is 0 Å². The van der Waals surface area contributed by atoms with E-state index >= 15 is 0 Å². The number of carbonyl (C=O) groups is 1. The molecule has 1 N–H and O–H groups in total. The molecule has 0 radical (unpaired) electrons. The maximum atomic E-state index is 13.0. The summed E-state index contributed by atoms with van der Waals surface area (Å²) >= 11 is 0. The molecule has 6 heteroatoms. The third-order valence-electron chi connectivity index (χ3n) is 5.57. The Kier molecular flexibility index (Phi) is 4.23. The lowest BCUT2D eigenvalue weighted by Crippen LogP contribution is -2.48. The molecule has 1 amide bonds. The number of likely N-dealkylation sites (tertiary alicyclic amines) is 1. The van der Waals surface area contributed by atoms with Crippen LogP contribution in [0.1, 0.15) is 60.3 Å². The molecular formula is C20H24N2O4. The zero-order valence-corrected chi connectivity index (χ0v) is 15.1. The van der Waals surface area contributed by atoms with Gasteiger partial charge < -0.3 is 19.3 Å². The zero-order chi connectivity index (χ0) is 18.3. The Morgan fingerprint density at radius 1 is 1.31 bits per heavy atom. The Morgan fingerprint density at radius 2 is 2.04 bits per heavy atom. The summed E-state index contributed by atoms with van der Waals surface area (Å²) < 4.78 is 10.5. The summed E-state index contributed by atoms with van der Waals surface area (Å²) in [6.07, 6.45) is 3.82. The van der Waals surface area contributed by atoms with Crippen LogP contribution in [0, 0.1) is 0 Å². The van der Waals surface area contributed by atoms with Crippen molar-refractivity contribution in [3.05, 3.63) is 47.3 Å².